The Morgan fingerprint density at radius 2 is 2.22 bits per heavy atom. The quantitative estimate of drug-likeness (QED) is 0.806. The Balaban J connectivity index is 1.70. The highest BCUT2D eigenvalue weighted by Crippen LogP contribution is 2.31. The largest absolute Gasteiger partial charge is 0.497 e. The van der Waals surface area contributed by atoms with Crippen molar-refractivity contribution in [3.8, 4) is 5.75 Å². The molecule has 0 saturated heterocycles. The number of amides is 1. The molecule has 0 aliphatic carbocycles. The van der Waals surface area contributed by atoms with Crippen LogP contribution in [0, 0.1) is 6.92 Å². The standard InChI is InChI=1S/C18H20N2O2S/c1-13-5-8-17(19-11-13)23-12-18(21)20-9-3-4-14-10-15(22-2)6-7-16(14)20/h5-8,10-11H,3-4,9,12H2,1-2H3. The molecule has 0 fully saturated rings. The molecule has 0 unspecified atom stereocenters. The van der Waals surface area contributed by atoms with Gasteiger partial charge in [-0.1, -0.05) is 17.8 Å². The second-order valence-corrected chi connectivity index (χ2v) is 6.60. The molecule has 2 heterocycles. The molecule has 0 spiro atoms. The molecular formula is C18H20N2O2S. The summed E-state index contributed by atoms with van der Waals surface area (Å²) < 4.78 is 5.28. The van der Waals surface area contributed by atoms with E-state index in [0.717, 1.165) is 41.4 Å². The predicted octanol–water partition coefficient (Wildman–Crippen LogP) is 3.47. The van der Waals surface area contributed by atoms with Crippen LogP contribution in [0.4, 0.5) is 5.69 Å². The summed E-state index contributed by atoms with van der Waals surface area (Å²) in [5.74, 6) is 1.38. The summed E-state index contributed by atoms with van der Waals surface area (Å²) >= 11 is 1.49. The molecule has 120 valence electrons. The van der Waals surface area contributed by atoms with Crippen molar-refractivity contribution < 1.29 is 9.53 Å². The minimum atomic E-state index is 0.128. The lowest BCUT2D eigenvalue weighted by atomic mass is 10.0. The summed E-state index contributed by atoms with van der Waals surface area (Å²) in [4.78, 5) is 18.8. The zero-order valence-electron chi connectivity index (χ0n) is 13.4. The van der Waals surface area contributed by atoms with Crippen molar-refractivity contribution in [3.63, 3.8) is 0 Å². The van der Waals surface area contributed by atoms with E-state index in [-0.39, 0.29) is 5.91 Å². The number of fused-ring (bicyclic) bond motifs is 1. The lowest BCUT2D eigenvalue weighted by molar-refractivity contribution is -0.116. The van der Waals surface area contributed by atoms with Gasteiger partial charge in [0.25, 0.3) is 0 Å². The van der Waals surface area contributed by atoms with Crippen LogP contribution < -0.4 is 9.64 Å². The van der Waals surface area contributed by atoms with Crippen molar-refractivity contribution in [1.82, 2.24) is 4.98 Å². The molecule has 1 aliphatic heterocycles. The average Bonchev–Trinajstić information content (AvgIpc) is 2.60. The second-order valence-electron chi connectivity index (χ2n) is 5.61. The smallest absolute Gasteiger partial charge is 0.237 e. The van der Waals surface area contributed by atoms with Crippen LogP contribution in [-0.2, 0) is 11.2 Å². The van der Waals surface area contributed by atoms with Crippen molar-refractivity contribution in [2.24, 2.45) is 0 Å². The van der Waals surface area contributed by atoms with Crippen molar-refractivity contribution in [1.29, 1.82) is 0 Å². The van der Waals surface area contributed by atoms with Crippen LogP contribution in [-0.4, -0.2) is 30.3 Å². The molecule has 1 aliphatic rings. The maximum absolute atomic E-state index is 12.6. The summed E-state index contributed by atoms with van der Waals surface area (Å²) in [6.45, 7) is 2.78. The van der Waals surface area contributed by atoms with Gasteiger partial charge in [0.05, 0.1) is 17.9 Å². The lowest BCUT2D eigenvalue weighted by Gasteiger charge is -2.29. The van der Waals surface area contributed by atoms with Crippen LogP contribution in [0.1, 0.15) is 17.5 Å². The summed E-state index contributed by atoms with van der Waals surface area (Å²) in [7, 11) is 1.67. The Labute approximate surface area is 140 Å². The van der Waals surface area contributed by atoms with Crippen LogP contribution in [0.15, 0.2) is 41.6 Å². The number of aryl methyl sites for hydroxylation is 2. The number of thioether (sulfide) groups is 1. The summed E-state index contributed by atoms with van der Waals surface area (Å²) in [6, 6.07) is 9.91. The van der Waals surface area contributed by atoms with E-state index in [0.29, 0.717) is 5.75 Å². The molecule has 3 rings (SSSR count). The van der Waals surface area contributed by atoms with Crippen LogP contribution in [0.5, 0.6) is 5.75 Å². The second kappa shape index (κ2) is 7.04. The number of methoxy groups -OCH3 is 1. The first-order chi connectivity index (χ1) is 11.2. The van der Waals surface area contributed by atoms with Gasteiger partial charge in [-0.3, -0.25) is 4.79 Å². The van der Waals surface area contributed by atoms with Gasteiger partial charge in [-0.2, -0.15) is 0 Å². The monoisotopic (exact) mass is 328 g/mol. The Morgan fingerprint density at radius 1 is 1.35 bits per heavy atom. The fraction of sp³-hybridized carbons (Fsp3) is 0.333. The summed E-state index contributed by atoms with van der Waals surface area (Å²) in [5, 5.41) is 0.885. The highest BCUT2D eigenvalue weighted by molar-refractivity contribution is 7.99. The number of aromatic nitrogens is 1. The molecule has 23 heavy (non-hydrogen) atoms. The number of nitrogens with zero attached hydrogens (tertiary/aromatic N) is 2. The van der Waals surface area contributed by atoms with E-state index < -0.39 is 0 Å². The van der Waals surface area contributed by atoms with Crippen molar-refractivity contribution in [2.75, 3.05) is 24.3 Å². The third-order valence-corrected chi connectivity index (χ3v) is 4.86. The first kappa shape index (κ1) is 15.9. The van der Waals surface area contributed by atoms with E-state index >= 15 is 0 Å². The van der Waals surface area contributed by atoms with Gasteiger partial charge in [0.15, 0.2) is 0 Å². The first-order valence-corrected chi connectivity index (χ1v) is 8.68. The van der Waals surface area contributed by atoms with E-state index in [4.69, 9.17) is 4.74 Å². The molecule has 2 aromatic rings. The van der Waals surface area contributed by atoms with Crippen molar-refractivity contribution in [2.45, 2.75) is 24.8 Å². The number of ether oxygens (including phenoxy) is 1. The van der Waals surface area contributed by atoms with Crippen LogP contribution in [0.25, 0.3) is 0 Å². The minimum Gasteiger partial charge on any atom is -0.497 e. The maximum atomic E-state index is 12.6. The molecule has 1 amide bonds. The third kappa shape index (κ3) is 3.67. The molecule has 0 atom stereocenters. The van der Waals surface area contributed by atoms with E-state index in [1.54, 1.807) is 7.11 Å². The molecule has 1 aromatic heterocycles. The average molecular weight is 328 g/mol. The Morgan fingerprint density at radius 3 is 2.96 bits per heavy atom. The maximum Gasteiger partial charge on any atom is 0.237 e. The van der Waals surface area contributed by atoms with Crippen molar-refractivity contribution in [3.05, 3.63) is 47.7 Å². The number of carbonyl (C=O) groups is 1. The normalized spacial score (nSPS) is 13.6. The number of anilines is 1. The minimum absolute atomic E-state index is 0.128. The number of carbonyl (C=O) groups excluding carboxylic acids is 1. The molecule has 1 aromatic carbocycles. The van der Waals surface area contributed by atoms with E-state index in [1.165, 1.54) is 17.3 Å². The number of hydrogen-bond donors (Lipinski definition) is 0. The van der Waals surface area contributed by atoms with Crippen LogP contribution in [0.2, 0.25) is 0 Å². The van der Waals surface area contributed by atoms with E-state index in [9.17, 15) is 4.79 Å². The van der Waals surface area contributed by atoms with Gasteiger partial charge in [-0.05, 0) is 55.2 Å². The number of rotatable bonds is 4. The topological polar surface area (TPSA) is 42.4 Å². The van der Waals surface area contributed by atoms with Gasteiger partial charge in [-0.15, -0.1) is 0 Å². The highest BCUT2D eigenvalue weighted by Gasteiger charge is 2.22. The number of hydrogen-bond acceptors (Lipinski definition) is 4. The van der Waals surface area contributed by atoms with Gasteiger partial charge in [0.1, 0.15) is 5.75 Å². The SMILES string of the molecule is COc1ccc2c(c1)CCCN2C(=O)CSc1ccc(C)cn1. The Hall–Kier alpha value is -2.01. The zero-order valence-corrected chi connectivity index (χ0v) is 14.2. The van der Waals surface area contributed by atoms with Gasteiger partial charge in [-0.25, -0.2) is 4.98 Å². The summed E-state index contributed by atoms with van der Waals surface area (Å²) in [6.07, 6.45) is 3.80. The first-order valence-electron chi connectivity index (χ1n) is 7.70. The molecule has 0 N–H and O–H groups in total. The Kier molecular flexibility index (Phi) is 4.86. The van der Waals surface area contributed by atoms with E-state index in [1.807, 2.05) is 48.4 Å². The van der Waals surface area contributed by atoms with Crippen LogP contribution >= 0.6 is 11.8 Å². The van der Waals surface area contributed by atoms with Crippen molar-refractivity contribution >= 4 is 23.4 Å². The molecule has 0 bridgehead atoms. The molecule has 0 radical (unpaired) electrons. The Bertz CT molecular complexity index is 701. The number of pyridine rings is 1. The van der Waals surface area contributed by atoms with Crippen LogP contribution in [0.3, 0.4) is 0 Å². The van der Waals surface area contributed by atoms with Gasteiger partial charge < -0.3 is 9.64 Å². The highest BCUT2D eigenvalue weighted by atomic mass is 32.2. The lowest BCUT2D eigenvalue weighted by Crippen LogP contribution is -2.36. The molecule has 5 heteroatoms. The fourth-order valence-corrected chi connectivity index (χ4v) is 3.43. The summed E-state index contributed by atoms with van der Waals surface area (Å²) in [5.41, 5.74) is 3.32. The van der Waals surface area contributed by atoms with Gasteiger partial charge in [0, 0.05) is 18.4 Å². The fourth-order valence-electron chi connectivity index (χ4n) is 2.71. The number of benzene rings is 1. The van der Waals surface area contributed by atoms with Gasteiger partial charge >= 0.3 is 0 Å². The molecule has 4 nitrogen and oxygen atoms in total. The third-order valence-electron chi connectivity index (χ3n) is 3.93. The molecule has 0 saturated carbocycles. The molecular weight excluding hydrogens is 308 g/mol. The van der Waals surface area contributed by atoms with E-state index in [2.05, 4.69) is 4.98 Å². The zero-order chi connectivity index (χ0) is 16.2. The van der Waals surface area contributed by atoms with Gasteiger partial charge in [0.2, 0.25) is 5.91 Å². The predicted molar refractivity (Wildman–Crippen MR) is 93.4 cm³/mol.